The summed E-state index contributed by atoms with van der Waals surface area (Å²) < 4.78 is 14.0. The molecule has 0 radical (unpaired) electrons. The molecule has 0 saturated heterocycles. The third-order valence-electron chi connectivity index (χ3n) is 8.01. The second-order valence-electron chi connectivity index (χ2n) is 11.9. The fraction of sp³-hybridized carbons (Fsp3) is 0.314. The molecule has 1 fully saturated rings. The van der Waals surface area contributed by atoms with Crippen LogP contribution >= 0.6 is 11.6 Å². The summed E-state index contributed by atoms with van der Waals surface area (Å²) in [6.07, 6.45) is 6.86. The van der Waals surface area contributed by atoms with Crippen LogP contribution in [-0.4, -0.2) is 31.5 Å². The normalized spacial score (nSPS) is 16.0. The van der Waals surface area contributed by atoms with Crippen molar-refractivity contribution in [3.05, 3.63) is 112 Å². The van der Waals surface area contributed by atoms with E-state index < -0.39 is 22.7 Å². The maximum atomic E-state index is 14.0. The molecular weight excluding hydrogens is 566 g/mol. The van der Waals surface area contributed by atoms with E-state index in [2.05, 4.69) is 6.07 Å². The SMILES string of the molecule is CC(C)(O)c1ccccc1CCC(c1cccc(/C=C/c2ccc3ccc(Cl)cc3n2)c1)[S@+]([O-])CC1(CC(=O)O)CC1. The largest absolute Gasteiger partial charge is 0.616 e. The standard InChI is InChI=1S/C35H36ClNO4S/c1-34(2,40)30-9-4-3-7-25(30)13-17-32(42(41)23-35(18-19-35)22-33(38)39)27-8-5-6-24(20-27)10-15-29-16-12-26-11-14-28(36)21-31(26)37-29/h3-12,14-16,20-21,32,40H,13,17-19,22-23H2,1-2H3,(H,38,39)/b15-10+/t32?,42-/m1/s1. The number of hydrogen-bond acceptors (Lipinski definition) is 4. The number of aromatic nitrogens is 1. The van der Waals surface area contributed by atoms with Crippen LogP contribution in [0.25, 0.3) is 23.1 Å². The van der Waals surface area contributed by atoms with E-state index in [4.69, 9.17) is 16.6 Å². The van der Waals surface area contributed by atoms with Crippen molar-refractivity contribution in [3.8, 4) is 0 Å². The van der Waals surface area contributed by atoms with Gasteiger partial charge in [-0.25, -0.2) is 4.98 Å². The zero-order chi connectivity index (χ0) is 29.9. The Morgan fingerprint density at radius 1 is 1.07 bits per heavy atom. The lowest BCUT2D eigenvalue weighted by molar-refractivity contribution is -0.138. The fourth-order valence-corrected chi connectivity index (χ4v) is 7.78. The van der Waals surface area contributed by atoms with Crippen LogP contribution in [0.4, 0.5) is 0 Å². The van der Waals surface area contributed by atoms with Crippen LogP contribution in [0, 0.1) is 5.41 Å². The lowest BCUT2D eigenvalue weighted by Gasteiger charge is -2.27. The minimum Gasteiger partial charge on any atom is -0.616 e. The first-order valence-corrected chi connectivity index (χ1v) is 16.0. The van der Waals surface area contributed by atoms with Gasteiger partial charge in [-0.15, -0.1) is 0 Å². The van der Waals surface area contributed by atoms with Crippen molar-refractivity contribution in [2.24, 2.45) is 5.41 Å². The van der Waals surface area contributed by atoms with Gasteiger partial charge in [0.25, 0.3) is 0 Å². The summed E-state index contributed by atoms with van der Waals surface area (Å²) >= 11 is 4.88. The van der Waals surface area contributed by atoms with Gasteiger partial charge in [-0.3, -0.25) is 4.79 Å². The van der Waals surface area contributed by atoms with E-state index in [9.17, 15) is 19.6 Å². The molecule has 7 heteroatoms. The lowest BCUT2D eigenvalue weighted by Crippen LogP contribution is -2.26. The Bertz CT molecular complexity index is 1610. The number of aryl methyl sites for hydroxylation is 1. The van der Waals surface area contributed by atoms with Gasteiger partial charge >= 0.3 is 5.97 Å². The monoisotopic (exact) mass is 601 g/mol. The van der Waals surface area contributed by atoms with Crippen molar-refractivity contribution in [2.75, 3.05) is 5.75 Å². The number of pyridine rings is 1. The van der Waals surface area contributed by atoms with Crippen molar-refractivity contribution in [3.63, 3.8) is 0 Å². The second-order valence-corrected chi connectivity index (χ2v) is 14.0. The van der Waals surface area contributed by atoms with E-state index in [1.807, 2.05) is 84.9 Å². The third-order valence-corrected chi connectivity index (χ3v) is 10.3. The van der Waals surface area contributed by atoms with Gasteiger partial charge in [0.1, 0.15) is 11.0 Å². The van der Waals surface area contributed by atoms with Crippen molar-refractivity contribution in [1.29, 1.82) is 0 Å². The Hall–Kier alpha value is -3.16. The quantitative estimate of drug-likeness (QED) is 0.161. The maximum Gasteiger partial charge on any atom is 0.304 e. The van der Waals surface area contributed by atoms with Crippen LogP contribution < -0.4 is 0 Å². The molecule has 1 heterocycles. The van der Waals surface area contributed by atoms with Gasteiger partial charge in [0.05, 0.1) is 23.2 Å². The van der Waals surface area contributed by atoms with E-state index in [1.165, 1.54) is 0 Å². The number of halogens is 1. The number of carboxylic acid groups (broad SMARTS) is 1. The Kier molecular flexibility index (Phi) is 9.09. The van der Waals surface area contributed by atoms with Crippen LogP contribution in [0.3, 0.4) is 0 Å². The highest BCUT2D eigenvalue weighted by atomic mass is 35.5. The molecule has 5 nitrogen and oxygen atoms in total. The molecular formula is C35H36ClNO4S. The van der Waals surface area contributed by atoms with Gasteiger partial charge in [-0.05, 0) is 91.3 Å². The molecule has 1 saturated carbocycles. The number of aliphatic carboxylic acids is 1. The molecule has 1 aromatic heterocycles. The molecule has 1 aliphatic rings. The van der Waals surface area contributed by atoms with Crippen LogP contribution in [0.15, 0.2) is 78.9 Å². The number of fused-ring (bicyclic) bond motifs is 1. The molecule has 0 aliphatic heterocycles. The number of benzene rings is 3. The van der Waals surface area contributed by atoms with E-state index in [1.54, 1.807) is 13.8 Å². The molecule has 1 aliphatic carbocycles. The highest BCUT2D eigenvalue weighted by molar-refractivity contribution is 7.91. The zero-order valence-electron chi connectivity index (χ0n) is 23.9. The van der Waals surface area contributed by atoms with Gasteiger partial charge in [0, 0.05) is 27.8 Å². The zero-order valence-corrected chi connectivity index (χ0v) is 25.5. The molecule has 218 valence electrons. The van der Waals surface area contributed by atoms with E-state index in [0.717, 1.165) is 51.7 Å². The first kappa shape index (κ1) is 30.3. The van der Waals surface area contributed by atoms with E-state index in [0.29, 0.717) is 23.6 Å². The molecule has 42 heavy (non-hydrogen) atoms. The summed E-state index contributed by atoms with van der Waals surface area (Å²) in [5, 5.41) is 21.6. The van der Waals surface area contributed by atoms with Gasteiger partial charge in [-0.1, -0.05) is 72.3 Å². The summed E-state index contributed by atoms with van der Waals surface area (Å²) in [5.74, 6) is -0.461. The molecule has 4 aromatic rings. The minimum atomic E-state index is -1.27. The maximum absolute atomic E-state index is 14.0. The molecule has 0 amide bonds. The molecule has 5 rings (SSSR count). The lowest BCUT2D eigenvalue weighted by atomic mass is 9.90. The van der Waals surface area contributed by atoms with Crippen molar-refractivity contribution < 1.29 is 19.6 Å². The smallest absolute Gasteiger partial charge is 0.304 e. The van der Waals surface area contributed by atoms with Gasteiger partial charge in [-0.2, -0.15) is 0 Å². The average Bonchev–Trinajstić information content (AvgIpc) is 3.69. The van der Waals surface area contributed by atoms with Crippen molar-refractivity contribution >= 4 is 51.8 Å². The number of nitrogens with zero attached hydrogens (tertiary/aromatic N) is 1. The van der Waals surface area contributed by atoms with Gasteiger partial charge < -0.3 is 14.8 Å². The molecule has 0 bridgehead atoms. The van der Waals surface area contributed by atoms with Crippen LogP contribution in [-0.2, 0) is 28.0 Å². The minimum absolute atomic E-state index is 0.0553. The number of rotatable bonds is 12. The van der Waals surface area contributed by atoms with E-state index >= 15 is 0 Å². The summed E-state index contributed by atoms with van der Waals surface area (Å²) in [7, 11) is 0. The molecule has 1 unspecified atom stereocenters. The predicted octanol–water partition coefficient (Wildman–Crippen LogP) is 7.96. The Morgan fingerprint density at radius 3 is 2.57 bits per heavy atom. The van der Waals surface area contributed by atoms with Crippen LogP contribution in [0.2, 0.25) is 5.02 Å². The number of carbonyl (C=O) groups is 1. The summed E-state index contributed by atoms with van der Waals surface area (Å²) in [6, 6.07) is 25.5. The summed E-state index contributed by atoms with van der Waals surface area (Å²) in [6.45, 7) is 3.55. The molecule has 0 spiro atoms. The Labute approximate surface area is 255 Å². The number of carboxylic acids is 1. The summed E-state index contributed by atoms with van der Waals surface area (Å²) in [4.78, 5) is 16.2. The topological polar surface area (TPSA) is 93.5 Å². The highest BCUT2D eigenvalue weighted by Gasteiger charge is 2.49. The number of aliphatic hydroxyl groups is 1. The van der Waals surface area contributed by atoms with Gasteiger partial charge in [0.2, 0.25) is 0 Å². The van der Waals surface area contributed by atoms with Crippen LogP contribution in [0.5, 0.6) is 0 Å². The highest BCUT2D eigenvalue weighted by Crippen LogP contribution is 2.51. The second kappa shape index (κ2) is 12.6. The van der Waals surface area contributed by atoms with Crippen molar-refractivity contribution in [2.45, 2.75) is 56.8 Å². The molecule has 2 N–H and O–H groups in total. The number of hydrogen-bond donors (Lipinski definition) is 2. The first-order chi connectivity index (χ1) is 20.0. The van der Waals surface area contributed by atoms with Crippen LogP contribution in [0.1, 0.15) is 72.7 Å². The first-order valence-electron chi connectivity index (χ1n) is 14.3. The molecule has 2 atom stereocenters. The average molecular weight is 602 g/mol. The summed E-state index contributed by atoms with van der Waals surface area (Å²) in [5.41, 5.74) is 4.09. The Balaban J connectivity index is 1.41. The predicted molar refractivity (Wildman–Crippen MR) is 172 cm³/mol. The fourth-order valence-electron chi connectivity index (χ4n) is 5.59. The van der Waals surface area contributed by atoms with E-state index in [-0.39, 0.29) is 17.1 Å². The molecule has 3 aromatic carbocycles. The third kappa shape index (κ3) is 7.61. The van der Waals surface area contributed by atoms with Crippen molar-refractivity contribution in [1.82, 2.24) is 4.98 Å². The van der Waals surface area contributed by atoms with Gasteiger partial charge in [0.15, 0.2) is 0 Å². The Morgan fingerprint density at radius 2 is 1.83 bits per heavy atom.